The Kier molecular flexibility index (Phi) is 8.41. The number of alkyl carbamates (subject to hydrolysis) is 1. The molecule has 1 unspecified atom stereocenters. The van der Waals surface area contributed by atoms with Crippen LogP contribution in [-0.4, -0.2) is 60.6 Å². The van der Waals surface area contributed by atoms with Crippen molar-refractivity contribution in [2.75, 3.05) is 13.7 Å². The van der Waals surface area contributed by atoms with Crippen LogP contribution in [0.4, 0.5) is 4.79 Å². The summed E-state index contributed by atoms with van der Waals surface area (Å²) in [5.74, 6) is -2.04. The molecule has 2 atom stereocenters. The number of nitrogens with zero attached hydrogens (tertiary/aromatic N) is 1. The van der Waals surface area contributed by atoms with Gasteiger partial charge >= 0.3 is 35.7 Å². The maximum atomic E-state index is 12.2. The third-order valence-corrected chi connectivity index (χ3v) is 4.66. The molecule has 1 saturated heterocycles. The molecule has 1 heterocycles. The van der Waals surface area contributed by atoms with Crippen molar-refractivity contribution in [1.82, 2.24) is 14.9 Å². The van der Waals surface area contributed by atoms with Gasteiger partial charge < -0.3 is 24.7 Å². The minimum absolute atomic E-state index is 0. The first-order chi connectivity index (χ1) is 12.6. The molecule has 148 valence electrons. The molecule has 0 aliphatic carbocycles. The van der Waals surface area contributed by atoms with Crippen molar-refractivity contribution in [1.29, 1.82) is 0 Å². The van der Waals surface area contributed by atoms with Gasteiger partial charge in [-0.1, -0.05) is 30.3 Å². The summed E-state index contributed by atoms with van der Waals surface area (Å²) in [6.45, 7) is 0.663. The van der Waals surface area contributed by atoms with Crippen molar-refractivity contribution in [3.8, 4) is 0 Å². The first-order valence-electron chi connectivity index (χ1n) is 7.71. The van der Waals surface area contributed by atoms with E-state index in [1.54, 1.807) is 24.3 Å². The number of carbonyl (C=O) groups is 3. The SMILES string of the molecule is COC1(NC(=O)[C@@H](C)NC(=O)OCc2ccccc2)CN(S(=O)(=O)[O-])C1=O.[Na+]. The molecule has 13 heteroatoms. The molecular formula is C15H18N3NaO8S. The second kappa shape index (κ2) is 9.67. The van der Waals surface area contributed by atoms with Crippen LogP contribution >= 0.6 is 0 Å². The predicted octanol–water partition coefficient (Wildman–Crippen LogP) is -3.93. The zero-order chi connectivity index (χ0) is 20.2. The summed E-state index contributed by atoms with van der Waals surface area (Å²) < 4.78 is 42.5. The number of rotatable bonds is 7. The minimum Gasteiger partial charge on any atom is -0.731 e. The number of nitrogens with one attached hydrogen (secondary N) is 2. The molecule has 11 nitrogen and oxygen atoms in total. The second-order valence-electron chi connectivity index (χ2n) is 5.72. The van der Waals surface area contributed by atoms with Gasteiger partial charge in [-0.3, -0.25) is 9.59 Å². The number of hydrogen-bond donors (Lipinski definition) is 2. The van der Waals surface area contributed by atoms with Crippen LogP contribution in [0.2, 0.25) is 0 Å². The van der Waals surface area contributed by atoms with Crippen molar-refractivity contribution in [3.63, 3.8) is 0 Å². The standard InChI is InChI=1S/C15H19N3O8S.Na/c1-10(16-14(21)26-8-11-6-4-3-5-7-11)12(19)17-15(25-2)9-18(13(15)20)27(22,23)24;/h3-7,10H,8-9H2,1-2H3,(H,16,21)(H,17,19)(H,22,23,24);/q;+1/p-1/t10-,15?;/m1./s1. The summed E-state index contributed by atoms with van der Waals surface area (Å²) in [6, 6.07) is 7.75. The summed E-state index contributed by atoms with van der Waals surface area (Å²) in [5, 5.41) is 4.45. The Labute approximate surface area is 183 Å². The zero-order valence-corrected chi connectivity index (χ0v) is 18.3. The third-order valence-electron chi connectivity index (χ3n) is 3.82. The van der Waals surface area contributed by atoms with Crippen molar-refractivity contribution in [2.45, 2.75) is 25.3 Å². The normalized spacial score (nSPS) is 19.7. The Morgan fingerprint density at radius 1 is 1.32 bits per heavy atom. The van der Waals surface area contributed by atoms with Gasteiger partial charge in [0.25, 0.3) is 5.91 Å². The van der Waals surface area contributed by atoms with E-state index in [1.807, 2.05) is 6.07 Å². The summed E-state index contributed by atoms with van der Waals surface area (Å²) in [5.41, 5.74) is -1.22. The fourth-order valence-electron chi connectivity index (χ4n) is 2.24. The molecule has 1 aromatic carbocycles. The van der Waals surface area contributed by atoms with Crippen molar-refractivity contribution >= 4 is 28.2 Å². The van der Waals surface area contributed by atoms with Crippen molar-refractivity contribution in [2.24, 2.45) is 0 Å². The Balaban J connectivity index is 0.00000392. The molecule has 1 aliphatic rings. The molecule has 28 heavy (non-hydrogen) atoms. The number of methoxy groups -OCH3 is 1. The van der Waals surface area contributed by atoms with Crippen molar-refractivity contribution < 1.29 is 66.4 Å². The number of hydrogen-bond acceptors (Lipinski definition) is 8. The molecule has 0 bridgehead atoms. The van der Waals surface area contributed by atoms with E-state index in [1.165, 1.54) is 6.92 Å². The molecule has 3 amide bonds. The van der Waals surface area contributed by atoms with Crippen LogP contribution in [-0.2, 0) is 36.0 Å². The van der Waals surface area contributed by atoms with Gasteiger partial charge in [0.2, 0.25) is 11.6 Å². The van der Waals surface area contributed by atoms with Crippen LogP contribution in [0.3, 0.4) is 0 Å². The monoisotopic (exact) mass is 423 g/mol. The molecule has 2 rings (SSSR count). The van der Waals surface area contributed by atoms with Crippen LogP contribution in [0.25, 0.3) is 0 Å². The van der Waals surface area contributed by atoms with Gasteiger partial charge in [0, 0.05) is 7.11 Å². The molecule has 1 fully saturated rings. The summed E-state index contributed by atoms with van der Waals surface area (Å²) in [7, 11) is -3.92. The molecule has 0 aromatic heterocycles. The molecule has 2 N–H and O–H groups in total. The van der Waals surface area contributed by atoms with Gasteiger partial charge in [-0.15, -0.1) is 0 Å². The minimum atomic E-state index is -4.99. The second-order valence-corrected chi connectivity index (χ2v) is 7.01. The average Bonchev–Trinajstić information content (AvgIpc) is 2.62. The van der Waals surface area contributed by atoms with Crippen LogP contribution in [0.1, 0.15) is 12.5 Å². The number of amides is 3. The maximum absolute atomic E-state index is 12.2. The summed E-state index contributed by atoms with van der Waals surface area (Å²) >= 11 is 0. The molecular weight excluding hydrogens is 405 g/mol. The smallest absolute Gasteiger partial charge is 0.731 e. The zero-order valence-electron chi connectivity index (χ0n) is 15.5. The van der Waals surface area contributed by atoms with E-state index >= 15 is 0 Å². The Bertz CT molecular complexity index is 835. The number of β-lactam (4-membered cyclic amide) rings is 1. The fourth-order valence-corrected chi connectivity index (χ4v) is 2.93. The largest absolute Gasteiger partial charge is 1.00 e. The summed E-state index contributed by atoms with van der Waals surface area (Å²) in [4.78, 5) is 35.8. The number of carbonyl (C=O) groups excluding carboxylic acids is 3. The van der Waals surface area contributed by atoms with Gasteiger partial charge in [-0.2, -0.15) is 0 Å². The quantitative estimate of drug-likeness (QED) is 0.195. The van der Waals surface area contributed by atoms with E-state index in [0.29, 0.717) is 0 Å². The first-order valence-corrected chi connectivity index (χ1v) is 9.08. The van der Waals surface area contributed by atoms with E-state index in [0.717, 1.165) is 12.7 Å². The van der Waals surface area contributed by atoms with E-state index < -0.39 is 46.5 Å². The molecule has 0 saturated carbocycles. The van der Waals surface area contributed by atoms with Crippen LogP contribution < -0.4 is 40.2 Å². The Morgan fingerprint density at radius 3 is 2.43 bits per heavy atom. The van der Waals surface area contributed by atoms with Crippen LogP contribution in [0.5, 0.6) is 0 Å². The number of benzene rings is 1. The van der Waals surface area contributed by atoms with Gasteiger partial charge in [0.1, 0.15) is 12.6 Å². The molecule has 0 spiro atoms. The van der Waals surface area contributed by atoms with Gasteiger partial charge in [-0.25, -0.2) is 17.5 Å². The average molecular weight is 423 g/mol. The topological polar surface area (TPSA) is 154 Å². The van der Waals surface area contributed by atoms with Crippen LogP contribution in [0.15, 0.2) is 30.3 Å². The Hall–Kier alpha value is -1.70. The molecule has 1 aliphatic heterocycles. The van der Waals surface area contributed by atoms with E-state index in [-0.39, 0.29) is 40.5 Å². The maximum Gasteiger partial charge on any atom is 1.00 e. The van der Waals surface area contributed by atoms with Crippen LogP contribution in [0, 0.1) is 0 Å². The first kappa shape index (κ1) is 24.3. The predicted molar refractivity (Wildman–Crippen MR) is 88.5 cm³/mol. The van der Waals surface area contributed by atoms with Gasteiger partial charge in [-0.05, 0) is 12.5 Å². The van der Waals surface area contributed by atoms with Gasteiger partial charge in [0.15, 0.2) is 10.3 Å². The summed E-state index contributed by atoms with van der Waals surface area (Å²) in [6.07, 6.45) is -0.864. The molecule has 1 aromatic rings. The van der Waals surface area contributed by atoms with E-state index in [2.05, 4.69) is 10.6 Å². The number of ether oxygens (including phenoxy) is 2. The van der Waals surface area contributed by atoms with E-state index in [9.17, 15) is 27.4 Å². The molecule has 0 radical (unpaired) electrons. The Morgan fingerprint density at radius 2 is 1.93 bits per heavy atom. The van der Waals surface area contributed by atoms with Gasteiger partial charge in [0.05, 0.1) is 6.54 Å². The van der Waals surface area contributed by atoms with Crippen molar-refractivity contribution in [3.05, 3.63) is 35.9 Å². The fraction of sp³-hybridized carbons (Fsp3) is 0.400. The third kappa shape index (κ3) is 5.65. The van der Waals surface area contributed by atoms with E-state index in [4.69, 9.17) is 9.47 Å².